The summed E-state index contributed by atoms with van der Waals surface area (Å²) in [5.74, 6) is 0.876. The summed E-state index contributed by atoms with van der Waals surface area (Å²) in [6, 6.07) is 0.326. The van der Waals surface area contributed by atoms with Gasteiger partial charge in [0.25, 0.3) is 5.22 Å². The van der Waals surface area contributed by atoms with Crippen LogP contribution in [0.3, 0.4) is 0 Å². The molecule has 0 saturated heterocycles. The van der Waals surface area contributed by atoms with Crippen molar-refractivity contribution in [3.8, 4) is 0 Å². The summed E-state index contributed by atoms with van der Waals surface area (Å²) < 4.78 is 5.13. The fraction of sp³-hybridized carbons (Fsp3) is 0.700. The summed E-state index contributed by atoms with van der Waals surface area (Å²) in [4.78, 5) is 4.03. The highest BCUT2D eigenvalue weighted by molar-refractivity contribution is 7.99. The van der Waals surface area contributed by atoms with E-state index >= 15 is 0 Å². The first-order chi connectivity index (χ1) is 7.36. The van der Waals surface area contributed by atoms with Crippen LogP contribution in [0.25, 0.3) is 0 Å². The van der Waals surface area contributed by atoms with E-state index in [1.54, 1.807) is 24.2 Å². The molecule has 1 atom stereocenters. The van der Waals surface area contributed by atoms with Gasteiger partial charge in [0, 0.05) is 18.4 Å². The van der Waals surface area contributed by atoms with Crippen LogP contribution in [0.15, 0.2) is 22.1 Å². The normalized spacial score (nSPS) is 12.9. The Morgan fingerprint density at radius 3 is 3.13 bits per heavy atom. The minimum Gasteiger partial charge on any atom is -0.440 e. The first-order valence-electron chi connectivity index (χ1n) is 5.23. The van der Waals surface area contributed by atoms with Gasteiger partial charge in [0.2, 0.25) is 0 Å². The Bertz CT molecular complexity index is 242. The van der Waals surface area contributed by atoms with Gasteiger partial charge in [0.15, 0.2) is 0 Å². The molecule has 5 heteroatoms. The minimum absolute atomic E-state index is 0.216. The summed E-state index contributed by atoms with van der Waals surface area (Å²) in [7, 11) is 0. The molecule has 2 N–H and O–H groups in total. The molecule has 0 aliphatic rings. The van der Waals surface area contributed by atoms with Crippen LogP contribution in [0.4, 0.5) is 0 Å². The van der Waals surface area contributed by atoms with E-state index in [9.17, 15) is 0 Å². The molecular weight excluding hydrogens is 212 g/mol. The predicted octanol–water partition coefficient (Wildman–Crippen LogP) is 1.52. The Morgan fingerprint density at radius 1 is 1.67 bits per heavy atom. The number of hydrogen-bond acceptors (Lipinski definition) is 5. The van der Waals surface area contributed by atoms with Gasteiger partial charge >= 0.3 is 0 Å². The number of aromatic nitrogens is 1. The summed E-state index contributed by atoms with van der Waals surface area (Å²) in [5.41, 5.74) is 0. The van der Waals surface area contributed by atoms with E-state index in [4.69, 9.17) is 9.52 Å². The Hall–Kier alpha value is -0.520. The number of thioether (sulfide) groups is 1. The molecule has 15 heavy (non-hydrogen) atoms. The number of oxazole rings is 1. The molecule has 1 aromatic heterocycles. The van der Waals surface area contributed by atoms with E-state index in [2.05, 4.69) is 17.2 Å². The van der Waals surface area contributed by atoms with Crippen LogP contribution in [-0.4, -0.2) is 35.0 Å². The van der Waals surface area contributed by atoms with E-state index in [0.29, 0.717) is 11.3 Å². The van der Waals surface area contributed by atoms with Crippen LogP contribution in [-0.2, 0) is 0 Å². The average molecular weight is 230 g/mol. The molecule has 1 aromatic rings. The molecule has 0 fully saturated rings. The van der Waals surface area contributed by atoms with Crippen LogP contribution in [0.2, 0.25) is 0 Å². The molecule has 0 radical (unpaired) electrons. The van der Waals surface area contributed by atoms with Gasteiger partial charge in [0.1, 0.15) is 6.26 Å². The fourth-order valence-corrected chi connectivity index (χ4v) is 2.09. The standard InChI is InChI=1S/C10H18N2O2S/c1-2-4-11-9(3-6-13)8-15-10-12-5-7-14-10/h5,7,9,11,13H,2-4,6,8H2,1H3. The number of rotatable bonds is 8. The van der Waals surface area contributed by atoms with E-state index in [1.165, 1.54) is 0 Å². The van der Waals surface area contributed by atoms with E-state index in [0.717, 1.165) is 25.1 Å². The molecule has 1 rings (SSSR count). The third-order valence-corrected chi connectivity index (χ3v) is 3.00. The Kier molecular flexibility index (Phi) is 6.47. The van der Waals surface area contributed by atoms with Crippen molar-refractivity contribution in [2.75, 3.05) is 18.9 Å². The molecule has 1 heterocycles. The Balaban J connectivity index is 2.24. The van der Waals surface area contributed by atoms with Gasteiger partial charge in [-0.15, -0.1) is 0 Å². The van der Waals surface area contributed by atoms with Crippen LogP contribution in [0.1, 0.15) is 19.8 Å². The molecule has 86 valence electrons. The van der Waals surface area contributed by atoms with Crippen molar-refractivity contribution in [3.63, 3.8) is 0 Å². The lowest BCUT2D eigenvalue weighted by atomic mass is 10.2. The first kappa shape index (κ1) is 12.5. The zero-order chi connectivity index (χ0) is 10.9. The summed E-state index contributed by atoms with van der Waals surface area (Å²) in [6.07, 6.45) is 5.09. The van der Waals surface area contributed by atoms with Gasteiger partial charge in [-0.25, -0.2) is 4.98 Å². The maximum atomic E-state index is 8.90. The topological polar surface area (TPSA) is 58.3 Å². The summed E-state index contributed by atoms with van der Waals surface area (Å²) >= 11 is 1.57. The second kappa shape index (κ2) is 7.73. The third-order valence-electron chi connectivity index (χ3n) is 1.98. The van der Waals surface area contributed by atoms with Crippen LogP contribution in [0, 0.1) is 0 Å². The van der Waals surface area contributed by atoms with Gasteiger partial charge in [0.05, 0.1) is 6.20 Å². The van der Waals surface area contributed by atoms with Crippen molar-refractivity contribution >= 4 is 11.8 Å². The van der Waals surface area contributed by atoms with Gasteiger partial charge in [-0.05, 0) is 19.4 Å². The molecule has 0 bridgehead atoms. The van der Waals surface area contributed by atoms with Crippen LogP contribution in [0.5, 0.6) is 0 Å². The Labute approximate surface area is 94.5 Å². The van der Waals surface area contributed by atoms with Crippen molar-refractivity contribution in [2.24, 2.45) is 0 Å². The molecule has 0 aliphatic heterocycles. The highest BCUT2D eigenvalue weighted by Crippen LogP contribution is 2.16. The van der Waals surface area contributed by atoms with Gasteiger partial charge in [-0.1, -0.05) is 18.7 Å². The second-order valence-corrected chi connectivity index (χ2v) is 4.24. The lowest BCUT2D eigenvalue weighted by Gasteiger charge is -2.15. The molecule has 0 aromatic carbocycles. The van der Waals surface area contributed by atoms with Crippen molar-refractivity contribution in [3.05, 3.63) is 12.5 Å². The van der Waals surface area contributed by atoms with E-state index < -0.39 is 0 Å². The quantitative estimate of drug-likeness (QED) is 0.663. The summed E-state index contributed by atoms with van der Waals surface area (Å²) in [5, 5.41) is 13.0. The van der Waals surface area contributed by atoms with Crippen LogP contribution >= 0.6 is 11.8 Å². The molecular formula is C10H18N2O2S. The van der Waals surface area contributed by atoms with Crippen LogP contribution < -0.4 is 5.32 Å². The smallest absolute Gasteiger partial charge is 0.255 e. The molecule has 4 nitrogen and oxygen atoms in total. The first-order valence-corrected chi connectivity index (χ1v) is 6.22. The number of aliphatic hydroxyl groups is 1. The van der Waals surface area contributed by atoms with Crippen molar-refractivity contribution in [1.82, 2.24) is 10.3 Å². The maximum Gasteiger partial charge on any atom is 0.255 e. The molecule has 1 unspecified atom stereocenters. The van der Waals surface area contributed by atoms with Crippen molar-refractivity contribution in [1.29, 1.82) is 0 Å². The Morgan fingerprint density at radius 2 is 2.53 bits per heavy atom. The lowest BCUT2D eigenvalue weighted by molar-refractivity contribution is 0.270. The zero-order valence-corrected chi connectivity index (χ0v) is 9.80. The largest absolute Gasteiger partial charge is 0.440 e. The van der Waals surface area contributed by atoms with Gasteiger partial charge in [-0.2, -0.15) is 0 Å². The summed E-state index contributed by atoms with van der Waals surface area (Å²) in [6.45, 7) is 3.33. The highest BCUT2D eigenvalue weighted by atomic mass is 32.2. The fourth-order valence-electron chi connectivity index (χ4n) is 1.20. The monoisotopic (exact) mass is 230 g/mol. The predicted molar refractivity (Wildman–Crippen MR) is 61.0 cm³/mol. The minimum atomic E-state index is 0.216. The van der Waals surface area contributed by atoms with E-state index in [-0.39, 0.29) is 6.61 Å². The molecule has 0 amide bonds. The SMILES string of the molecule is CCCNC(CCO)CSc1ncco1. The maximum absolute atomic E-state index is 8.90. The second-order valence-electron chi connectivity index (χ2n) is 3.27. The molecule has 0 spiro atoms. The highest BCUT2D eigenvalue weighted by Gasteiger charge is 2.09. The third kappa shape index (κ3) is 5.20. The number of aliphatic hydroxyl groups excluding tert-OH is 1. The number of hydrogen-bond donors (Lipinski definition) is 2. The molecule has 0 aliphatic carbocycles. The van der Waals surface area contributed by atoms with E-state index in [1.807, 2.05) is 0 Å². The number of nitrogens with zero attached hydrogens (tertiary/aromatic N) is 1. The van der Waals surface area contributed by atoms with Gasteiger partial charge in [-0.3, -0.25) is 0 Å². The zero-order valence-electron chi connectivity index (χ0n) is 8.98. The van der Waals surface area contributed by atoms with Gasteiger partial charge < -0.3 is 14.8 Å². The lowest BCUT2D eigenvalue weighted by Crippen LogP contribution is -2.32. The average Bonchev–Trinajstić information content (AvgIpc) is 2.75. The van der Waals surface area contributed by atoms with Crippen molar-refractivity contribution in [2.45, 2.75) is 31.0 Å². The number of nitrogens with one attached hydrogen (secondary N) is 1. The van der Waals surface area contributed by atoms with Crippen molar-refractivity contribution < 1.29 is 9.52 Å². The molecule has 0 saturated carbocycles.